The third-order valence-corrected chi connectivity index (χ3v) is 3.28. The van der Waals surface area contributed by atoms with E-state index in [1.165, 1.54) is 0 Å². The van der Waals surface area contributed by atoms with E-state index in [4.69, 9.17) is 0 Å². The number of pyridine rings is 2. The highest BCUT2D eigenvalue weighted by atomic mass is 15.1. The fourth-order valence-corrected chi connectivity index (χ4v) is 2.13. The molecule has 112 valence electrons. The molecule has 2 aromatic heterocycles. The highest BCUT2D eigenvalue weighted by Gasteiger charge is 2.05. The van der Waals surface area contributed by atoms with Crippen LogP contribution in [0.1, 0.15) is 30.9 Å². The van der Waals surface area contributed by atoms with Crippen LogP contribution >= 0.6 is 0 Å². The van der Waals surface area contributed by atoms with Crippen molar-refractivity contribution in [3.63, 3.8) is 0 Å². The zero-order valence-electron chi connectivity index (χ0n) is 13.3. The van der Waals surface area contributed by atoms with Crippen LogP contribution in [0.25, 0.3) is 0 Å². The van der Waals surface area contributed by atoms with Crippen molar-refractivity contribution in [3.05, 3.63) is 53.6 Å². The van der Waals surface area contributed by atoms with Gasteiger partial charge in [0.25, 0.3) is 0 Å². The molecule has 0 aliphatic heterocycles. The molecule has 4 nitrogen and oxygen atoms in total. The maximum Gasteiger partial charge on any atom is 0.0600 e. The number of rotatable bonds is 6. The summed E-state index contributed by atoms with van der Waals surface area (Å²) in [6.07, 6.45) is 1.87. The number of nitrogens with one attached hydrogen (secondary N) is 1. The Labute approximate surface area is 127 Å². The van der Waals surface area contributed by atoms with Gasteiger partial charge in [-0.1, -0.05) is 19.9 Å². The number of hydrogen-bond acceptors (Lipinski definition) is 4. The van der Waals surface area contributed by atoms with Gasteiger partial charge in [-0.2, -0.15) is 0 Å². The molecule has 2 aromatic rings. The van der Waals surface area contributed by atoms with Crippen molar-refractivity contribution < 1.29 is 0 Å². The molecule has 1 N–H and O–H groups in total. The smallest absolute Gasteiger partial charge is 0.0600 e. The molecule has 0 amide bonds. The van der Waals surface area contributed by atoms with Gasteiger partial charge in [-0.3, -0.25) is 9.97 Å². The van der Waals surface area contributed by atoms with Crippen LogP contribution in [0.5, 0.6) is 0 Å². The number of hydrogen-bond donors (Lipinski definition) is 1. The van der Waals surface area contributed by atoms with E-state index in [-0.39, 0.29) is 0 Å². The Morgan fingerprint density at radius 1 is 1.19 bits per heavy atom. The third-order valence-electron chi connectivity index (χ3n) is 3.28. The van der Waals surface area contributed by atoms with Crippen molar-refractivity contribution in [2.24, 2.45) is 0 Å². The summed E-state index contributed by atoms with van der Waals surface area (Å²) in [6, 6.07) is 10.8. The first kappa shape index (κ1) is 15.4. The molecule has 0 aromatic carbocycles. The van der Waals surface area contributed by atoms with Gasteiger partial charge in [0.15, 0.2) is 0 Å². The Morgan fingerprint density at radius 3 is 2.71 bits per heavy atom. The molecule has 0 fully saturated rings. The van der Waals surface area contributed by atoms with Gasteiger partial charge in [-0.05, 0) is 31.2 Å². The number of aryl methyl sites for hydroxylation is 1. The van der Waals surface area contributed by atoms with Crippen LogP contribution < -0.4 is 10.2 Å². The fraction of sp³-hybridized carbons (Fsp3) is 0.412. The highest BCUT2D eigenvalue weighted by Crippen LogP contribution is 2.15. The first-order valence-corrected chi connectivity index (χ1v) is 7.36. The first-order chi connectivity index (χ1) is 10.0. The maximum atomic E-state index is 4.55. The second kappa shape index (κ2) is 7.18. The summed E-state index contributed by atoms with van der Waals surface area (Å²) in [5.74, 6) is 0. The zero-order valence-corrected chi connectivity index (χ0v) is 13.3. The standard InChI is InChI=1S/C17H24N4/c1-13(2)19-11-16-10-17(8-9-18-16)21(4)12-15-7-5-6-14(3)20-15/h5-10,13,19H,11-12H2,1-4H3. The van der Waals surface area contributed by atoms with Crippen molar-refractivity contribution in [2.75, 3.05) is 11.9 Å². The monoisotopic (exact) mass is 284 g/mol. The van der Waals surface area contributed by atoms with E-state index in [2.05, 4.69) is 59.3 Å². The second-order valence-corrected chi connectivity index (χ2v) is 5.67. The fourth-order valence-electron chi connectivity index (χ4n) is 2.13. The number of nitrogens with zero attached hydrogens (tertiary/aromatic N) is 3. The Morgan fingerprint density at radius 2 is 2.00 bits per heavy atom. The lowest BCUT2D eigenvalue weighted by Crippen LogP contribution is -2.23. The molecule has 2 heterocycles. The van der Waals surface area contributed by atoms with Crippen molar-refractivity contribution in [3.8, 4) is 0 Å². The average Bonchev–Trinajstić information content (AvgIpc) is 2.45. The Balaban J connectivity index is 2.05. The predicted molar refractivity (Wildman–Crippen MR) is 87.3 cm³/mol. The maximum absolute atomic E-state index is 4.55. The zero-order chi connectivity index (χ0) is 15.2. The lowest BCUT2D eigenvalue weighted by Gasteiger charge is -2.20. The van der Waals surface area contributed by atoms with Gasteiger partial charge in [0.05, 0.1) is 17.9 Å². The van der Waals surface area contributed by atoms with Gasteiger partial charge in [-0.15, -0.1) is 0 Å². The molecule has 0 aliphatic carbocycles. The molecule has 0 spiro atoms. The summed E-state index contributed by atoms with van der Waals surface area (Å²) in [5.41, 5.74) is 4.35. The van der Waals surface area contributed by atoms with Crippen molar-refractivity contribution in [2.45, 2.75) is 39.9 Å². The van der Waals surface area contributed by atoms with E-state index in [0.717, 1.165) is 35.9 Å². The summed E-state index contributed by atoms with van der Waals surface area (Å²) in [6.45, 7) is 7.88. The van der Waals surface area contributed by atoms with Gasteiger partial charge in [-0.25, -0.2) is 0 Å². The average molecular weight is 284 g/mol. The normalized spacial score (nSPS) is 10.9. The molecular weight excluding hydrogens is 260 g/mol. The predicted octanol–water partition coefficient (Wildman–Crippen LogP) is 2.92. The van der Waals surface area contributed by atoms with E-state index >= 15 is 0 Å². The molecule has 0 saturated carbocycles. The van der Waals surface area contributed by atoms with Gasteiger partial charge in [0.2, 0.25) is 0 Å². The minimum absolute atomic E-state index is 0.463. The summed E-state index contributed by atoms with van der Waals surface area (Å²) >= 11 is 0. The van der Waals surface area contributed by atoms with Crippen LogP contribution in [0.15, 0.2) is 36.5 Å². The molecular formula is C17H24N4. The summed E-state index contributed by atoms with van der Waals surface area (Å²) in [7, 11) is 2.08. The molecule has 0 atom stereocenters. The largest absolute Gasteiger partial charge is 0.369 e. The topological polar surface area (TPSA) is 41.1 Å². The van der Waals surface area contributed by atoms with E-state index in [1.807, 2.05) is 25.3 Å². The van der Waals surface area contributed by atoms with E-state index in [0.29, 0.717) is 6.04 Å². The van der Waals surface area contributed by atoms with Crippen LogP contribution in [0.2, 0.25) is 0 Å². The lowest BCUT2D eigenvalue weighted by atomic mass is 10.2. The molecule has 21 heavy (non-hydrogen) atoms. The van der Waals surface area contributed by atoms with Crippen molar-refractivity contribution in [1.82, 2.24) is 15.3 Å². The third kappa shape index (κ3) is 4.83. The molecule has 0 radical (unpaired) electrons. The highest BCUT2D eigenvalue weighted by molar-refractivity contribution is 5.46. The second-order valence-electron chi connectivity index (χ2n) is 5.67. The lowest BCUT2D eigenvalue weighted by molar-refractivity contribution is 0.581. The summed E-state index contributed by atoms with van der Waals surface area (Å²) < 4.78 is 0. The Kier molecular flexibility index (Phi) is 5.28. The Bertz CT molecular complexity index is 581. The van der Waals surface area contributed by atoms with Crippen LogP contribution in [-0.4, -0.2) is 23.1 Å². The van der Waals surface area contributed by atoms with Gasteiger partial charge >= 0.3 is 0 Å². The first-order valence-electron chi connectivity index (χ1n) is 7.36. The van der Waals surface area contributed by atoms with E-state index in [9.17, 15) is 0 Å². The van der Waals surface area contributed by atoms with Gasteiger partial charge in [0.1, 0.15) is 0 Å². The van der Waals surface area contributed by atoms with E-state index < -0.39 is 0 Å². The molecule has 0 unspecified atom stereocenters. The molecule has 0 bridgehead atoms. The van der Waals surface area contributed by atoms with Crippen LogP contribution in [0.4, 0.5) is 5.69 Å². The summed E-state index contributed by atoms with van der Waals surface area (Å²) in [4.78, 5) is 11.2. The summed E-state index contributed by atoms with van der Waals surface area (Å²) in [5, 5.41) is 3.39. The number of aromatic nitrogens is 2. The van der Waals surface area contributed by atoms with Crippen LogP contribution in [0.3, 0.4) is 0 Å². The van der Waals surface area contributed by atoms with Crippen molar-refractivity contribution in [1.29, 1.82) is 0 Å². The number of anilines is 1. The SMILES string of the molecule is Cc1cccc(CN(C)c2ccnc(CNC(C)C)c2)n1. The molecule has 0 aliphatic rings. The molecule has 0 saturated heterocycles. The molecule has 2 rings (SSSR count). The van der Waals surface area contributed by atoms with E-state index in [1.54, 1.807) is 0 Å². The Hall–Kier alpha value is -1.94. The van der Waals surface area contributed by atoms with Crippen LogP contribution in [-0.2, 0) is 13.1 Å². The minimum atomic E-state index is 0.463. The van der Waals surface area contributed by atoms with Crippen LogP contribution in [0, 0.1) is 6.92 Å². The quantitative estimate of drug-likeness (QED) is 0.885. The molecule has 4 heteroatoms. The minimum Gasteiger partial charge on any atom is -0.369 e. The van der Waals surface area contributed by atoms with Gasteiger partial charge in [0, 0.05) is 37.2 Å². The van der Waals surface area contributed by atoms with Gasteiger partial charge < -0.3 is 10.2 Å². The van der Waals surface area contributed by atoms with Crippen molar-refractivity contribution >= 4 is 5.69 Å².